The lowest BCUT2D eigenvalue weighted by Gasteiger charge is -1.88. The van der Waals surface area contributed by atoms with E-state index in [1.807, 2.05) is 0 Å². The molecule has 0 aromatic heterocycles. The minimum atomic E-state index is 0. The van der Waals surface area contributed by atoms with Crippen molar-refractivity contribution in [3.8, 4) is 0 Å². The average Bonchev–Trinajstić information content (AvgIpc) is 0.811. The molecule has 0 bridgehead atoms. The molecule has 0 aliphatic carbocycles. The fourth-order valence-electron chi connectivity index (χ4n) is 0. The fraction of sp³-hybridized carbons (Fsp3) is 1.00. The molecule has 1 N–H and O–H groups in total. The molecule has 0 aromatic rings. The Morgan fingerprint density at radius 2 is 1.00 bits per heavy atom. The molecule has 0 aliphatic rings. The zero-order valence-corrected chi connectivity index (χ0v) is 5.62. The number of quaternary nitrogens is 1. The lowest BCUT2D eigenvalue weighted by Crippen LogP contribution is -3.02. The van der Waals surface area contributed by atoms with Crippen LogP contribution in [0.2, 0.25) is 0 Å². The Morgan fingerprint density at radius 1 is 1.00 bits per heavy atom. The predicted octanol–water partition coefficient (Wildman–Crippen LogP) is -0.661. The van der Waals surface area contributed by atoms with Gasteiger partial charge in [-0.15, -0.1) is 17.0 Å². The van der Waals surface area contributed by atoms with Crippen molar-refractivity contribution in [3.63, 3.8) is 0 Å². The van der Waals surface area contributed by atoms with E-state index in [4.69, 9.17) is 0 Å². The molecule has 0 rings (SSSR count). The van der Waals surface area contributed by atoms with Crippen LogP contribution in [0.4, 0.5) is 0 Å². The van der Waals surface area contributed by atoms with Crippen LogP contribution in [0.5, 0.6) is 0 Å². The summed E-state index contributed by atoms with van der Waals surface area (Å²) in [5.74, 6) is 0. The Balaban J connectivity index is 0. The minimum Gasteiger partial charge on any atom is -0.342 e. The molecule has 0 fully saturated rings. The fourth-order valence-corrected chi connectivity index (χ4v) is 0. The first-order valence-electron chi connectivity index (χ1n) is 1.50. The summed E-state index contributed by atoms with van der Waals surface area (Å²) in [5, 5.41) is 0. The first-order valence-corrected chi connectivity index (χ1v) is 1.50. The predicted molar refractivity (Wildman–Crippen MR) is 29.1 cm³/mol. The van der Waals surface area contributed by atoms with Gasteiger partial charge < -0.3 is 4.90 Å². The van der Waals surface area contributed by atoms with Crippen LogP contribution < -0.4 is 4.90 Å². The number of nitrogens with one attached hydrogen (secondary N) is 1. The molecule has 0 aliphatic heterocycles. The molecule has 0 heterocycles. The van der Waals surface area contributed by atoms with Crippen molar-refractivity contribution < 1.29 is 4.90 Å². The SMILES string of the molecule is Br.C[NH+](C)C. The van der Waals surface area contributed by atoms with Gasteiger partial charge in [0, 0.05) is 0 Å². The standard InChI is InChI=1S/C3H9N.BrH/c1-4(2)3;/h1-3H3;1H/p+1. The third kappa shape index (κ3) is 137. The highest BCUT2D eigenvalue weighted by molar-refractivity contribution is 8.93. The lowest BCUT2D eigenvalue weighted by molar-refractivity contribution is -0.836. The second-order valence-corrected chi connectivity index (χ2v) is 1.50. The van der Waals surface area contributed by atoms with Crippen molar-refractivity contribution in [2.24, 2.45) is 0 Å². The lowest BCUT2D eigenvalue weighted by atomic mass is 11.0. The molecule has 0 aromatic carbocycles. The van der Waals surface area contributed by atoms with Gasteiger partial charge in [-0.1, -0.05) is 0 Å². The summed E-state index contributed by atoms with van der Waals surface area (Å²) in [5.41, 5.74) is 0. The van der Waals surface area contributed by atoms with E-state index in [-0.39, 0.29) is 17.0 Å². The second-order valence-electron chi connectivity index (χ2n) is 1.50. The van der Waals surface area contributed by atoms with E-state index in [0.717, 1.165) is 0 Å². The molecular formula is C3H11BrN+. The Hall–Kier alpha value is 0.440. The Morgan fingerprint density at radius 3 is 1.00 bits per heavy atom. The van der Waals surface area contributed by atoms with Crippen molar-refractivity contribution in [1.29, 1.82) is 0 Å². The van der Waals surface area contributed by atoms with E-state index in [1.165, 1.54) is 4.90 Å². The summed E-state index contributed by atoms with van der Waals surface area (Å²) in [6, 6.07) is 0. The van der Waals surface area contributed by atoms with Gasteiger partial charge >= 0.3 is 0 Å². The van der Waals surface area contributed by atoms with Gasteiger partial charge in [0.1, 0.15) is 0 Å². The molecule has 0 radical (unpaired) electrons. The van der Waals surface area contributed by atoms with Gasteiger partial charge in [0.2, 0.25) is 0 Å². The molecule has 0 saturated heterocycles. The van der Waals surface area contributed by atoms with Gasteiger partial charge in [0.25, 0.3) is 0 Å². The van der Waals surface area contributed by atoms with Crippen molar-refractivity contribution in [1.82, 2.24) is 0 Å². The van der Waals surface area contributed by atoms with Gasteiger partial charge in [-0.2, -0.15) is 0 Å². The molecule has 0 amide bonds. The monoisotopic (exact) mass is 140 g/mol. The highest BCUT2D eigenvalue weighted by atomic mass is 79.9. The summed E-state index contributed by atoms with van der Waals surface area (Å²) in [7, 11) is 6.25. The summed E-state index contributed by atoms with van der Waals surface area (Å²) in [6.45, 7) is 0. The minimum absolute atomic E-state index is 0. The van der Waals surface area contributed by atoms with Crippen molar-refractivity contribution in [2.75, 3.05) is 21.1 Å². The van der Waals surface area contributed by atoms with E-state index in [2.05, 4.69) is 21.1 Å². The maximum atomic E-state index is 2.08. The van der Waals surface area contributed by atoms with Crippen molar-refractivity contribution >= 4 is 17.0 Å². The van der Waals surface area contributed by atoms with Gasteiger partial charge in [0.15, 0.2) is 0 Å². The van der Waals surface area contributed by atoms with E-state index in [1.54, 1.807) is 0 Å². The summed E-state index contributed by atoms with van der Waals surface area (Å²) in [6.07, 6.45) is 0. The number of halogens is 1. The second kappa shape index (κ2) is 4.44. The van der Waals surface area contributed by atoms with E-state index >= 15 is 0 Å². The third-order valence-corrected chi connectivity index (χ3v) is 0. The molecule has 0 saturated carbocycles. The quantitative estimate of drug-likeness (QED) is 0.456. The van der Waals surface area contributed by atoms with Gasteiger partial charge in [-0.3, -0.25) is 0 Å². The van der Waals surface area contributed by atoms with Crippen molar-refractivity contribution in [2.45, 2.75) is 0 Å². The first-order chi connectivity index (χ1) is 1.73. The van der Waals surface area contributed by atoms with E-state index in [9.17, 15) is 0 Å². The maximum Gasteiger partial charge on any atom is 0.0661 e. The zero-order valence-electron chi connectivity index (χ0n) is 3.91. The van der Waals surface area contributed by atoms with E-state index in [0.29, 0.717) is 0 Å². The molecule has 5 heavy (non-hydrogen) atoms. The molecule has 2 heteroatoms. The van der Waals surface area contributed by atoms with Crippen LogP contribution in [0, 0.1) is 0 Å². The summed E-state index contributed by atoms with van der Waals surface area (Å²) < 4.78 is 0. The number of hydrogen-bond donors (Lipinski definition) is 1. The van der Waals surface area contributed by atoms with Crippen molar-refractivity contribution in [3.05, 3.63) is 0 Å². The summed E-state index contributed by atoms with van der Waals surface area (Å²) in [4.78, 5) is 1.42. The maximum absolute atomic E-state index is 2.08. The van der Waals surface area contributed by atoms with Crippen LogP contribution >= 0.6 is 17.0 Å². The molecule has 0 spiro atoms. The Bertz CT molecular complexity index is 11.6. The Labute approximate surface area is 43.7 Å². The van der Waals surface area contributed by atoms with E-state index < -0.39 is 0 Å². The zero-order chi connectivity index (χ0) is 3.58. The highest BCUT2D eigenvalue weighted by Crippen LogP contribution is 0.865. The van der Waals surface area contributed by atoms with Crippen LogP contribution in [0.1, 0.15) is 0 Å². The highest BCUT2D eigenvalue weighted by Gasteiger charge is 1.61. The first kappa shape index (κ1) is 9.06. The number of rotatable bonds is 0. The number of hydrogen-bond acceptors (Lipinski definition) is 0. The van der Waals surface area contributed by atoms with Crippen LogP contribution in [-0.2, 0) is 0 Å². The molecule has 34 valence electrons. The largest absolute Gasteiger partial charge is 0.342 e. The smallest absolute Gasteiger partial charge is 0.0661 e. The normalized spacial score (nSPS) is 7.20. The summed E-state index contributed by atoms with van der Waals surface area (Å²) >= 11 is 0. The third-order valence-electron chi connectivity index (χ3n) is 0. The Kier molecular flexibility index (Phi) is 8.05. The van der Waals surface area contributed by atoms with Crippen LogP contribution in [0.3, 0.4) is 0 Å². The van der Waals surface area contributed by atoms with Crippen LogP contribution in [-0.4, -0.2) is 21.1 Å². The van der Waals surface area contributed by atoms with Gasteiger partial charge in [-0.05, 0) is 0 Å². The molecule has 0 atom stereocenters. The average molecular weight is 141 g/mol. The molecular weight excluding hydrogens is 130 g/mol. The van der Waals surface area contributed by atoms with Gasteiger partial charge in [-0.25, -0.2) is 0 Å². The topological polar surface area (TPSA) is 4.44 Å². The molecule has 0 unspecified atom stereocenters. The van der Waals surface area contributed by atoms with Crippen LogP contribution in [0.25, 0.3) is 0 Å². The van der Waals surface area contributed by atoms with Gasteiger partial charge in [0.05, 0.1) is 21.1 Å². The van der Waals surface area contributed by atoms with Crippen LogP contribution in [0.15, 0.2) is 0 Å². The molecule has 1 nitrogen and oxygen atoms in total.